The van der Waals surface area contributed by atoms with Gasteiger partial charge in [0.2, 0.25) is 0 Å². The first-order valence-corrected chi connectivity index (χ1v) is 48.9. The van der Waals surface area contributed by atoms with Crippen molar-refractivity contribution < 1.29 is 25.5 Å². The van der Waals surface area contributed by atoms with Crippen LogP contribution < -0.4 is 56.2 Å². The van der Waals surface area contributed by atoms with Crippen molar-refractivity contribution >= 4 is 76.7 Å². The largest absolute Gasteiger partial charge is 0.391 e. The molecule has 0 saturated carbocycles. The topological polar surface area (TPSA) is 504 Å². The Balaban J connectivity index is 0.000000122. The molecule has 35 heteroatoms. The molecule has 12 aromatic carbocycles. The number of hydrogen-bond acceptors (Lipinski definition) is 25. The molecule has 0 saturated heterocycles. The van der Waals surface area contributed by atoms with Gasteiger partial charge >= 0.3 is 28.4 Å². The summed E-state index contributed by atoms with van der Waals surface area (Å²) in [5, 5.41) is 58.7. The highest BCUT2D eigenvalue weighted by Gasteiger charge is 2.29. The van der Waals surface area contributed by atoms with Crippen LogP contribution in [0.15, 0.2) is 291 Å². The second kappa shape index (κ2) is 43.2. The maximum Gasteiger partial charge on any atom is 0.349 e. The lowest BCUT2D eigenvalue weighted by Gasteiger charge is -2.21. The molecule has 5 unspecified atom stereocenters. The van der Waals surface area contributed by atoms with Crippen LogP contribution in [0.5, 0.6) is 0 Å². The zero-order valence-electron chi connectivity index (χ0n) is 84.1. The maximum atomic E-state index is 12.4. The van der Waals surface area contributed by atoms with Gasteiger partial charge in [-0.2, -0.15) is 24.9 Å². The molecule has 0 amide bonds. The van der Waals surface area contributed by atoms with E-state index in [2.05, 4.69) is 120 Å². The quantitative estimate of drug-likeness (QED) is 0.0317. The van der Waals surface area contributed by atoms with Gasteiger partial charge < -0.3 is 48.4 Å². The molecule has 150 heavy (non-hydrogen) atoms. The Hall–Kier alpha value is -17.6. The number of benzene rings is 12. The Morgan fingerprint density at radius 1 is 0.240 bits per heavy atom. The van der Waals surface area contributed by atoms with Crippen LogP contribution in [0.4, 0.5) is 0 Å². The Labute approximate surface area is 854 Å². The van der Waals surface area contributed by atoms with Gasteiger partial charge in [0.1, 0.15) is 0 Å². The standard InChI is InChI=1S/C25H28N4O3.2C24H20N4O3.2C21H20N4O3/c1-14-10-19-20(11-15(14)2)29(22-21(26-19)23(31)28-24(32)27-22)13-18(30)12-16-6-8-17(9-7-16)25(3,4)5;1-14-6-9-20-19(10-14)25-21-22(26-24(31)27-23(21)30)28(20)13-18(29)12-15-7-8-16-4-2-3-5-17(16)11-15;1-14-6-9-19-20(10-14)28(22-21(25-19)23(30)27-24(31)26-22)13-18(29)12-15-7-8-16-4-2-3-5-17(16)11-15;1-12-3-6-14(7-4-12)10-15(26)11-25-17-8-5-13(2)9-16(17)22-18-19(25)23-21(28)24-20(18)27;1-12-3-6-14(7-4-12)10-15(26)11-25-17-9-13(2)5-8-16(17)22-18-19(25)23-21(28)24-20(18)27/h6-11,18,30H,12-13H2,1-5H3,(H,28,31,32);2*2-11,18,29H,12-13H2,1H3,(H,27,30,31);2*3-9,15,26H,10-11H2,1-2H3,(H,24,27,28). The van der Waals surface area contributed by atoms with E-state index in [9.17, 15) is 73.5 Å². The third-order valence-corrected chi connectivity index (χ3v) is 26.3. The molecule has 22 rings (SSSR count). The summed E-state index contributed by atoms with van der Waals surface area (Å²) < 4.78 is 8.56. The second-order valence-electron chi connectivity index (χ2n) is 39.3. The molecule has 12 aromatic rings. The van der Waals surface area contributed by atoms with Gasteiger partial charge in [0.05, 0.1) is 118 Å². The third kappa shape index (κ3) is 23.2. The Kier molecular flexibility index (Phi) is 29.5. The highest BCUT2D eigenvalue weighted by atomic mass is 16.3. The summed E-state index contributed by atoms with van der Waals surface area (Å²) in [4.78, 5) is 174. The van der Waals surface area contributed by atoms with E-state index in [4.69, 9.17) is 0 Å². The van der Waals surface area contributed by atoms with E-state index in [1.54, 1.807) is 22.8 Å². The zero-order chi connectivity index (χ0) is 106. The van der Waals surface area contributed by atoms with Crippen molar-refractivity contribution in [3.8, 4) is 57.6 Å². The van der Waals surface area contributed by atoms with Gasteiger partial charge in [0, 0.05) is 32.1 Å². The van der Waals surface area contributed by atoms with Gasteiger partial charge in [-0.1, -0.05) is 214 Å². The molecule has 0 aliphatic carbocycles. The number of nitrogens with one attached hydrogen (secondary N) is 5. The number of fused-ring (bicyclic) bond motifs is 12. The summed E-state index contributed by atoms with van der Waals surface area (Å²) in [5.74, 6) is 0.867. The van der Waals surface area contributed by atoms with E-state index in [-0.39, 0.29) is 95.7 Å². The van der Waals surface area contributed by atoms with Gasteiger partial charge in [-0.3, -0.25) is 48.9 Å². The van der Waals surface area contributed by atoms with Crippen LogP contribution in [0.2, 0.25) is 0 Å². The lowest BCUT2D eigenvalue weighted by Crippen LogP contribution is -2.30. The molecule has 0 bridgehead atoms. The van der Waals surface area contributed by atoms with Crippen LogP contribution in [0, 0.1) is 55.4 Å². The van der Waals surface area contributed by atoms with E-state index in [0.29, 0.717) is 81.8 Å². The predicted octanol–water partition coefficient (Wildman–Crippen LogP) is 12.0. The molecule has 10 aliphatic rings. The van der Waals surface area contributed by atoms with Crippen LogP contribution in [0.3, 0.4) is 0 Å². The monoisotopic (exact) mass is 2010 g/mol. The summed E-state index contributed by atoms with van der Waals surface area (Å²) in [6.45, 7) is 23.1. The van der Waals surface area contributed by atoms with Crippen molar-refractivity contribution in [3.63, 3.8) is 0 Å². The number of hydrogen-bond donors (Lipinski definition) is 10. The predicted molar refractivity (Wildman–Crippen MR) is 578 cm³/mol. The molecule has 5 atom stereocenters. The van der Waals surface area contributed by atoms with E-state index in [1.807, 2.05) is 274 Å². The first kappa shape index (κ1) is 102. The van der Waals surface area contributed by atoms with Gasteiger partial charge in [-0.05, 0) is 210 Å². The average Bonchev–Trinajstić information content (AvgIpc) is 0.756. The third-order valence-electron chi connectivity index (χ3n) is 26.3. The Bertz CT molecular complexity index is 9390. The minimum atomic E-state index is -0.753. The second-order valence-corrected chi connectivity index (χ2v) is 39.3. The van der Waals surface area contributed by atoms with Gasteiger partial charge in [-0.15, -0.1) is 0 Å². The SMILES string of the molecule is Cc1cc2nc3c(=O)[nH]c(=O)nc-3n(CC(O)Cc3ccc(C(C)(C)C)cc3)c2cc1C.Cc1ccc(CC(O)Cn2c3nc(=O)[nH]c(=O)c-3nc3cc(C)ccc32)cc1.Cc1ccc(CC(O)Cn2c3nc(=O)[nH]c(=O)c-3nc3ccc(C)cc32)cc1.Cc1ccc2c(c1)nc1c(=O)[nH]c(=O)nc-1n2CC(O)Cc1ccc2ccccc2c1.Cc1ccc2nc3c(=O)[nH]c(=O)nc-3n(CC(O)Cc3ccc4ccccc4c3)c2c1. The summed E-state index contributed by atoms with van der Waals surface area (Å²) in [6.07, 6.45) is -1.54. The first-order chi connectivity index (χ1) is 71.8. The summed E-state index contributed by atoms with van der Waals surface area (Å²) in [6, 6.07) is 78.9. The number of aromatic nitrogens is 20. The fourth-order valence-corrected chi connectivity index (χ4v) is 18.7. The van der Waals surface area contributed by atoms with Crippen molar-refractivity contribution in [2.45, 2.75) is 177 Å². The fourth-order valence-electron chi connectivity index (χ4n) is 18.7. The normalized spacial score (nSPS) is 12.7. The van der Waals surface area contributed by atoms with Crippen molar-refractivity contribution in [2.24, 2.45) is 0 Å². The van der Waals surface area contributed by atoms with Crippen LogP contribution >= 0.6 is 0 Å². The molecule has 0 radical (unpaired) electrons. The van der Waals surface area contributed by atoms with E-state index >= 15 is 0 Å². The van der Waals surface area contributed by atoms with Crippen molar-refractivity contribution in [1.82, 2.24) is 97.6 Å². The summed E-state index contributed by atoms with van der Waals surface area (Å²) >= 11 is 0. The van der Waals surface area contributed by atoms with Gasteiger partial charge in [0.15, 0.2) is 57.6 Å². The molecule has 758 valence electrons. The van der Waals surface area contributed by atoms with Crippen molar-refractivity contribution in [2.75, 3.05) is 0 Å². The molecular formula is C115H108N20O15. The van der Waals surface area contributed by atoms with E-state index < -0.39 is 86.8 Å². The molecular weight excluding hydrogens is 1900 g/mol. The van der Waals surface area contributed by atoms with Gasteiger partial charge in [0.25, 0.3) is 27.8 Å². The average molecular weight is 2010 g/mol. The molecule has 35 nitrogen and oxygen atoms in total. The summed E-state index contributed by atoms with van der Waals surface area (Å²) in [5.41, 5.74) is 15.1. The number of nitrogens with zero attached hydrogens (tertiary/aromatic N) is 15. The van der Waals surface area contributed by atoms with Crippen LogP contribution in [0.25, 0.3) is 134 Å². The van der Waals surface area contributed by atoms with Crippen LogP contribution in [0.1, 0.15) is 98.7 Å². The Morgan fingerprint density at radius 3 is 0.807 bits per heavy atom. The first-order valence-electron chi connectivity index (χ1n) is 48.9. The highest BCUT2D eigenvalue weighted by Crippen LogP contribution is 2.33. The molecule has 0 fully saturated rings. The van der Waals surface area contributed by atoms with Crippen LogP contribution in [-0.2, 0) is 70.2 Å². The molecule has 0 aromatic heterocycles. The molecule has 10 N–H and O–H groups in total. The Morgan fingerprint density at radius 2 is 0.487 bits per heavy atom. The highest BCUT2D eigenvalue weighted by molar-refractivity contribution is 5.87. The minimum Gasteiger partial charge on any atom is -0.391 e. The number of aliphatic hydroxyl groups is 5. The number of H-pyrrole nitrogens is 5. The maximum absolute atomic E-state index is 12.4. The van der Waals surface area contributed by atoms with Crippen molar-refractivity contribution in [1.29, 1.82) is 0 Å². The number of rotatable bonds is 20. The number of aliphatic hydroxyl groups excluding tert-OH is 5. The van der Waals surface area contributed by atoms with Gasteiger partial charge in [-0.25, -0.2) is 48.9 Å². The fraction of sp³-hybridized carbons (Fsp3) is 0.235. The lowest BCUT2D eigenvalue weighted by molar-refractivity contribution is 0.155. The molecule has 0 spiro atoms. The number of aromatic amines is 5. The summed E-state index contributed by atoms with van der Waals surface area (Å²) in [7, 11) is 0. The van der Waals surface area contributed by atoms with Crippen molar-refractivity contribution in [3.05, 3.63) is 425 Å². The molecule has 10 heterocycles. The molecule has 10 aliphatic heterocycles. The number of aryl methyl sites for hydroxylation is 8. The minimum absolute atomic E-state index is 0.0621. The zero-order valence-corrected chi connectivity index (χ0v) is 84.1. The van der Waals surface area contributed by atoms with Crippen LogP contribution in [-0.4, -0.2) is 154 Å². The van der Waals surface area contributed by atoms with E-state index in [1.165, 1.54) is 5.56 Å². The lowest BCUT2D eigenvalue weighted by atomic mass is 9.86. The van der Waals surface area contributed by atoms with E-state index in [0.717, 1.165) is 99.4 Å². The smallest absolute Gasteiger partial charge is 0.349 e.